The molecule has 108 valence electrons. The van der Waals surface area contributed by atoms with Crippen LogP contribution in [0.25, 0.3) is 0 Å². The average Bonchev–Trinajstić information content (AvgIpc) is 2.69. The topological polar surface area (TPSA) is 55.4 Å². The predicted octanol–water partition coefficient (Wildman–Crippen LogP) is 4.28. The fraction of sp³-hybridized carbons (Fsp3) is 0.167. The Kier molecular flexibility index (Phi) is 4.63. The van der Waals surface area contributed by atoms with Crippen LogP contribution in [0.2, 0.25) is 5.02 Å². The molecule has 0 saturated heterocycles. The van der Waals surface area contributed by atoms with Crippen LogP contribution in [-0.4, -0.2) is 15.5 Å². The van der Waals surface area contributed by atoms with Crippen molar-refractivity contribution in [1.82, 2.24) is 0 Å². The third-order valence-corrected chi connectivity index (χ3v) is 5.95. The van der Waals surface area contributed by atoms with Crippen molar-refractivity contribution in [3.8, 4) is 5.75 Å². The highest BCUT2D eigenvalue weighted by Crippen LogP contribution is 2.33. The van der Waals surface area contributed by atoms with E-state index in [9.17, 15) is 8.42 Å². The molecule has 1 aromatic heterocycles. The van der Waals surface area contributed by atoms with Gasteiger partial charge in [-0.3, -0.25) is 4.72 Å². The maximum absolute atomic E-state index is 12.4. The van der Waals surface area contributed by atoms with Gasteiger partial charge in [0.05, 0.1) is 16.6 Å². The summed E-state index contributed by atoms with van der Waals surface area (Å²) in [7, 11) is -2.22. The molecular weight excluding hydrogens is 386 g/mol. The number of nitrogens with one attached hydrogen (secondary N) is 1. The van der Waals surface area contributed by atoms with Gasteiger partial charge in [0.25, 0.3) is 10.0 Å². The van der Waals surface area contributed by atoms with Crippen molar-refractivity contribution in [3.05, 3.63) is 38.0 Å². The van der Waals surface area contributed by atoms with E-state index in [0.29, 0.717) is 21.3 Å². The molecule has 0 radical (unpaired) electrons. The zero-order valence-electron chi connectivity index (χ0n) is 10.6. The number of aryl methyl sites for hydroxylation is 1. The van der Waals surface area contributed by atoms with Gasteiger partial charge in [0.2, 0.25) is 0 Å². The highest BCUT2D eigenvalue weighted by molar-refractivity contribution is 9.11. The van der Waals surface area contributed by atoms with Crippen LogP contribution < -0.4 is 9.46 Å². The fourth-order valence-electron chi connectivity index (χ4n) is 1.66. The molecule has 2 rings (SSSR count). The molecule has 0 amide bonds. The first-order valence-electron chi connectivity index (χ1n) is 5.46. The summed E-state index contributed by atoms with van der Waals surface area (Å²) in [5.41, 5.74) is 0.307. The number of thiophene rings is 1. The Hall–Kier alpha value is -0.760. The second kappa shape index (κ2) is 5.93. The van der Waals surface area contributed by atoms with Crippen molar-refractivity contribution < 1.29 is 13.2 Å². The number of halogens is 2. The van der Waals surface area contributed by atoms with E-state index in [0.717, 1.165) is 3.79 Å². The van der Waals surface area contributed by atoms with E-state index >= 15 is 0 Å². The SMILES string of the molecule is COc1ccc(Cl)cc1NS(=O)(=O)c1cc(Br)sc1C. The van der Waals surface area contributed by atoms with Crippen LogP contribution in [0.15, 0.2) is 32.9 Å². The zero-order valence-corrected chi connectivity index (χ0v) is 14.6. The summed E-state index contributed by atoms with van der Waals surface area (Å²) < 4.78 is 33.2. The van der Waals surface area contributed by atoms with Crippen LogP contribution in [0.3, 0.4) is 0 Å². The molecule has 0 saturated carbocycles. The van der Waals surface area contributed by atoms with Crippen LogP contribution in [0, 0.1) is 6.92 Å². The summed E-state index contributed by atoms with van der Waals surface area (Å²) in [6, 6.07) is 6.31. The van der Waals surface area contributed by atoms with Crippen LogP contribution >= 0.6 is 38.9 Å². The van der Waals surface area contributed by atoms with E-state index in [2.05, 4.69) is 20.7 Å². The molecule has 0 aliphatic heterocycles. The Bertz CT molecular complexity index is 743. The van der Waals surface area contributed by atoms with Gasteiger partial charge >= 0.3 is 0 Å². The highest BCUT2D eigenvalue weighted by Gasteiger charge is 2.21. The van der Waals surface area contributed by atoms with Gasteiger partial charge in [-0.2, -0.15) is 0 Å². The minimum absolute atomic E-state index is 0.233. The predicted molar refractivity (Wildman–Crippen MR) is 85.6 cm³/mol. The van der Waals surface area contributed by atoms with Crippen molar-refractivity contribution in [3.63, 3.8) is 0 Å². The monoisotopic (exact) mass is 395 g/mol. The molecule has 0 aliphatic carbocycles. The quantitative estimate of drug-likeness (QED) is 0.839. The summed E-state index contributed by atoms with van der Waals surface area (Å²) in [5, 5.41) is 0.423. The molecule has 0 bridgehead atoms. The van der Waals surface area contributed by atoms with Gasteiger partial charge in [-0.15, -0.1) is 11.3 Å². The second-order valence-electron chi connectivity index (χ2n) is 3.92. The van der Waals surface area contributed by atoms with Crippen LogP contribution in [0.4, 0.5) is 5.69 Å². The van der Waals surface area contributed by atoms with Gasteiger partial charge in [0.15, 0.2) is 0 Å². The lowest BCUT2D eigenvalue weighted by Crippen LogP contribution is -2.13. The van der Waals surface area contributed by atoms with E-state index in [1.165, 1.54) is 24.5 Å². The Balaban J connectivity index is 2.43. The Morgan fingerprint density at radius 2 is 2.05 bits per heavy atom. The van der Waals surface area contributed by atoms with E-state index in [-0.39, 0.29) is 4.90 Å². The first-order valence-corrected chi connectivity index (χ1v) is 8.93. The molecule has 4 nitrogen and oxygen atoms in total. The zero-order chi connectivity index (χ0) is 14.9. The molecule has 0 fully saturated rings. The lowest BCUT2D eigenvalue weighted by Gasteiger charge is -2.11. The normalized spacial score (nSPS) is 11.4. The van der Waals surface area contributed by atoms with E-state index in [1.54, 1.807) is 25.1 Å². The van der Waals surface area contributed by atoms with E-state index in [4.69, 9.17) is 16.3 Å². The standard InChI is InChI=1S/C12H11BrClNO3S2/c1-7-11(6-12(13)19-7)20(16,17)15-9-5-8(14)3-4-10(9)18-2/h3-6,15H,1-2H3. The summed E-state index contributed by atoms with van der Waals surface area (Å²) in [6.45, 7) is 1.75. The molecule has 0 unspecified atom stereocenters. The van der Waals surface area contributed by atoms with Crippen molar-refractivity contribution in [2.45, 2.75) is 11.8 Å². The fourth-order valence-corrected chi connectivity index (χ4v) is 5.31. The molecule has 0 atom stereocenters. The first-order chi connectivity index (χ1) is 9.33. The van der Waals surface area contributed by atoms with E-state index in [1.807, 2.05) is 0 Å². The number of benzene rings is 1. The van der Waals surface area contributed by atoms with Crippen molar-refractivity contribution in [2.75, 3.05) is 11.8 Å². The van der Waals surface area contributed by atoms with Gasteiger partial charge in [-0.25, -0.2) is 8.42 Å². The first kappa shape index (κ1) is 15.6. The Morgan fingerprint density at radius 1 is 1.35 bits per heavy atom. The number of rotatable bonds is 4. The molecule has 1 heterocycles. The van der Waals surface area contributed by atoms with Crippen LogP contribution in [-0.2, 0) is 10.0 Å². The molecule has 2 aromatic rings. The Labute approximate surface area is 134 Å². The number of sulfonamides is 1. The van der Waals surface area contributed by atoms with Gasteiger partial charge in [0, 0.05) is 9.90 Å². The molecule has 0 spiro atoms. The maximum atomic E-state index is 12.4. The number of methoxy groups -OCH3 is 1. The van der Waals surface area contributed by atoms with Gasteiger partial charge in [-0.1, -0.05) is 11.6 Å². The average molecular weight is 397 g/mol. The van der Waals surface area contributed by atoms with Crippen molar-refractivity contribution in [1.29, 1.82) is 0 Å². The number of anilines is 1. The van der Waals surface area contributed by atoms with Gasteiger partial charge < -0.3 is 4.74 Å². The van der Waals surface area contributed by atoms with E-state index < -0.39 is 10.0 Å². The van der Waals surface area contributed by atoms with Crippen LogP contribution in [0.5, 0.6) is 5.75 Å². The molecule has 1 aromatic carbocycles. The smallest absolute Gasteiger partial charge is 0.263 e. The lowest BCUT2D eigenvalue weighted by atomic mass is 10.3. The number of hydrogen-bond acceptors (Lipinski definition) is 4. The summed E-state index contributed by atoms with van der Waals surface area (Å²) in [5.74, 6) is 0.407. The number of hydrogen-bond donors (Lipinski definition) is 1. The van der Waals surface area contributed by atoms with Gasteiger partial charge in [-0.05, 0) is 47.1 Å². The molecule has 0 aliphatic rings. The number of ether oxygens (including phenoxy) is 1. The molecule has 8 heteroatoms. The largest absolute Gasteiger partial charge is 0.495 e. The minimum Gasteiger partial charge on any atom is -0.495 e. The van der Waals surface area contributed by atoms with Crippen molar-refractivity contribution >= 4 is 54.6 Å². The highest BCUT2D eigenvalue weighted by atomic mass is 79.9. The minimum atomic E-state index is -3.68. The van der Waals surface area contributed by atoms with Crippen LogP contribution in [0.1, 0.15) is 4.88 Å². The third kappa shape index (κ3) is 3.28. The Morgan fingerprint density at radius 3 is 2.60 bits per heavy atom. The summed E-state index contributed by atoms with van der Waals surface area (Å²) in [6.07, 6.45) is 0. The van der Waals surface area contributed by atoms with Crippen molar-refractivity contribution in [2.24, 2.45) is 0 Å². The summed E-state index contributed by atoms with van der Waals surface area (Å²) >= 11 is 10.5. The third-order valence-electron chi connectivity index (χ3n) is 2.54. The second-order valence-corrected chi connectivity index (χ2v) is 8.64. The molecule has 20 heavy (non-hydrogen) atoms. The summed E-state index contributed by atoms with van der Waals surface area (Å²) in [4.78, 5) is 0.932. The maximum Gasteiger partial charge on any atom is 0.263 e. The molecular formula is C12H11BrClNO3S2. The molecule has 1 N–H and O–H groups in total. The lowest BCUT2D eigenvalue weighted by molar-refractivity contribution is 0.417. The van der Waals surface area contributed by atoms with Gasteiger partial charge in [0.1, 0.15) is 10.6 Å².